The molecule has 1 aliphatic heterocycles. The van der Waals surface area contributed by atoms with Gasteiger partial charge in [0.15, 0.2) is 16.4 Å². The number of sulfone groups is 1. The number of hydrogen-bond acceptors (Lipinski definition) is 7. The second kappa shape index (κ2) is 6.53. The first-order valence-corrected chi connectivity index (χ1v) is 11.0. The molecule has 1 fully saturated rings. The summed E-state index contributed by atoms with van der Waals surface area (Å²) >= 11 is 1.68. The molecule has 134 valence electrons. The van der Waals surface area contributed by atoms with Crippen LogP contribution in [0.1, 0.15) is 29.7 Å². The van der Waals surface area contributed by atoms with Gasteiger partial charge in [0.1, 0.15) is 11.2 Å². The number of carbonyl (C=O) groups is 1. The van der Waals surface area contributed by atoms with Crippen LogP contribution in [0.25, 0.3) is 10.2 Å². The molecule has 0 aromatic carbocycles. The molecule has 2 aromatic rings. The van der Waals surface area contributed by atoms with Crippen LogP contribution in [0, 0.1) is 0 Å². The van der Waals surface area contributed by atoms with E-state index in [0.717, 1.165) is 29.5 Å². The summed E-state index contributed by atoms with van der Waals surface area (Å²) in [5.41, 5.74) is 1.25. The maximum atomic E-state index is 12.1. The lowest BCUT2D eigenvalue weighted by Gasteiger charge is -2.13. The third-order valence-electron chi connectivity index (χ3n) is 4.65. The zero-order valence-corrected chi connectivity index (χ0v) is 15.3. The van der Waals surface area contributed by atoms with E-state index in [0.29, 0.717) is 12.3 Å². The third-order valence-corrected chi connectivity index (χ3v) is 7.62. The fourth-order valence-electron chi connectivity index (χ4n) is 3.48. The maximum Gasteiger partial charge on any atom is 0.258 e. The largest absolute Gasteiger partial charge is 0.467 e. The molecule has 1 saturated heterocycles. The predicted octanol–water partition coefficient (Wildman–Crippen LogP) is 1.25. The average Bonchev–Trinajstić information content (AvgIpc) is 3.12. The molecule has 1 amide bonds. The number of amides is 1. The Morgan fingerprint density at radius 3 is 2.96 bits per heavy atom. The number of ether oxygens (including phenoxy) is 1. The first-order chi connectivity index (χ1) is 12.0. The van der Waals surface area contributed by atoms with Crippen molar-refractivity contribution in [2.45, 2.75) is 38.1 Å². The monoisotopic (exact) mass is 381 g/mol. The van der Waals surface area contributed by atoms with Gasteiger partial charge >= 0.3 is 0 Å². The summed E-state index contributed by atoms with van der Waals surface area (Å²) in [6.07, 6.45) is 6.31. The van der Waals surface area contributed by atoms with E-state index >= 15 is 0 Å². The first kappa shape index (κ1) is 16.7. The minimum absolute atomic E-state index is 0.00846. The fraction of sp³-hybridized carbons (Fsp3) is 0.562. The first-order valence-electron chi connectivity index (χ1n) is 8.40. The highest BCUT2D eigenvalue weighted by atomic mass is 32.2. The normalized spacial score (nSPS) is 21.8. The molecule has 0 spiro atoms. The lowest BCUT2D eigenvalue weighted by Crippen LogP contribution is -2.38. The highest BCUT2D eigenvalue weighted by Crippen LogP contribution is 2.38. The zero-order valence-electron chi connectivity index (χ0n) is 13.7. The van der Waals surface area contributed by atoms with Gasteiger partial charge in [0.2, 0.25) is 5.88 Å². The number of aryl methyl sites for hydroxylation is 2. The Balaban J connectivity index is 1.46. The van der Waals surface area contributed by atoms with Crippen LogP contribution in [-0.2, 0) is 27.5 Å². The van der Waals surface area contributed by atoms with E-state index in [-0.39, 0.29) is 30.1 Å². The Kier molecular flexibility index (Phi) is 4.36. The van der Waals surface area contributed by atoms with Gasteiger partial charge in [-0.05, 0) is 37.7 Å². The molecule has 1 N–H and O–H groups in total. The van der Waals surface area contributed by atoms with Crippen LogP contribution in [0.4, 0.5) is 0 Å². The smallest absolute Gasteiger partial charge is 0.258 e. The number of carbonyl (C=O) groups excluding carboxylic acids is 1. The molecular formula is C16H19N3O4S2. The van der Waals surface area contributed by atoms with Crippen LogP contribution < -0.4 is 10.1 Å². The number of thiophene rings is 1. The lowest BCUT2D eigenvalue weighted by atomic mass is 9.97. The molecule has 3 heterocycles. The molecule has 4 rings (SSSR count). The Bertz CT molecular complexity index is 923. The highest BCUT2D eigenvalue weighted by molar-refractivity contribution is 7.91. The molecule has 1 unspecified atom stereocenters. The van der Waals surface area contributed by atoms with E-state index in [1.807, 2.05) is 0 Å². The van der Waals surface area contributed by atoms with Crippen molar-refractivity contribution in [2.24, 2.45) is 0 Å². The summed E-state index contributed by atoms with van der Waals surface area (Å²) in [6, 6.07) is -0.319. The minimum Gasteiger partial charge on any atom is -0.467 e. The SMILES string of the molecule is O=C(COc1ncnc2sc3c(c12)CCCC3)NC1CCS(=O)(=O)C1. The molecule has 1 aliphatic carbocycles. The van der Waals surface area contributed by atoms with Gasteiger partial charge in [0, 0.05) is 10.9 Å². The van der Waals surface area contributed by atoms with Crippen LogP contribution in [0.15, 0.2) is 6.33 Å². The van der Waals surface area contributed by atoms with Crippen molar-refractivity contribution >= 4 is 37.3 Å². The standard InChI is InChI=1S/C16H19N3O4S2/c20-13(19-10-5-6-25(21,22)8-10)7-23-15-14-11-3-1-2-4-12(11)24-16(14)18-9-17-15/h9-10H,1-8H2,(H,19,20). The van der Waals surface area contributed by atoms with Gasteiger partial charge in [-0.1, -0.05) is 0 Å². The van der Waals surface area contributed by atoms with Crippen molar-refractivity contribution in [3.63, 3.8) is 0 Å². The Morgan fingerprint density at radius 2 is 2.16 bits per heavy atom. The minimum atomic E-state index is -3.01. The molecular weight excluding hydrogens is 362 g/mol. The van der Waals surface area contributed by atoms with E-state index in [9.17, 15) is 13.2 Å². The van der Waals surface area contributed by atoms with Crippen molar-refractivity contribution in [1.82, 2.24) is 15.3 Å². The van der Waals surface area contributed by atoms with Crippen molar-refractivity contribution in [3.05, 3.63) is 16.8 Å². The van der Waals surface area contributed by atoms with Gasteiger partial charge in [0.25, 0.3) is 5.91 Å². The number of hydrogen-bond donors (Lipinski definition) is 1. The molecule has 7 nitrogen and oxygen atoms in total. The topological polar surface area (TPSA) is 98.2 Å². The van der Waals surface area contributed by atoms with Crippen molar-refractivity contribution in [3.8, 4) is 5.88 Å². The number of nitrogens with zero attached hydrogens (tertiary/aromatic N) is 2. The third kappa shape index (κ3) is 3.48. The Hall–Kier alpha value is -1.74. The van der Waals surface area contributed by atoms with Gasteiger partial charge < -0.3 is 10.1 Å². The molecule has 2 aromatic heterocycles. The van der Waals surface area contributed by atoms with Crippen molar-refractivity contribution in [2.75, 3.05) is 18.1 Å². The summed E-state index contributed by atoms with van der Waals surface area (Å²) < 4.78 is 28.6. The number of nitrogens with one attached hydrogen (secondary N) is 1. The van der Waals surface area contributed by atoms with E-state index < -0.39 is 9.84 Å². The molecule has 25 heavy (non-hydrogen) atoms. The van der Waals surface area contributed by atoms with Crippen molar-refractivity contribution in [1.29, 1.82) is 0 Å². The van der Waals surface area contributed by atoms with Crippen LogP contribution in [0.2, 0.25) is 0 Å². The summed E-state index contributed by atoms with van der Waals surface area (Å²) in [5.74, 6) is 0.262. The number of aromatic nitrogens is 2. The molecule has 9 heteroatoms. The quantitative estimate of drug-likeness (QED) is 0.856. The summed E-state index contributed by atoms with van der Waals surface area (Å²) in [4.78, 5) is 22.9. The van der Waals surface area contributed by atoms with Gasteiger partial charge in [-0.2, -0.15) is 0 Å². The van der Waals surface area contributed by atoms with Crippen LogP contribution in [0.3, 0.4) is 0 Å². The lowest BCUT2D eigenvalue weighted by molar-refractivity contribution is -0.123. The molecule has 0 radical (unpaired) electrons. The molecule has 0 bridgehead atoms. The summed E-state index contributed by atoms with van der Waals surface area (Å²) in [7, 11) is -3.01. The molecule has 0 saturated carbocycles. The second-order valence-corrected chi connectivity index (χ2v) is 9.84. The van der Waals surface area contributed by atoms with E-state index in [1.54, 1.807) is 11.3 Å². The fourth-order valence-corrected chi connectivity index (χ4v) is 6.38. The van der Waals surface area contributed by atoms with Gasteiger partial charge in [-0.15, -0.1) is 11.3 Å². The Morgan fingerprint density at radius 1 is 1.32 bits per heavy atom. The second-order valence-electron chi connectivity index (χ2n) is 6.53. The van der Waals surface area contributed by atoms with E-state index in [4.69, 9.17) is 4.74 Å². The van der Waals surface area contributed by atoms with E-state index in [1.165, 1.54) is 23.2 Å². The maximum absolute atomic E-state index is 12.1. The zero-order chi connectivity index (χ0) is 17.4. The Labute approximate surface area is 149 Å². The van der Waals surface area contributed by atoms with Crippen LogP contribution in [-0.4, -0.2) is 48.4 Å². The highest BCUT2D eigenvalue weighted by Gasteiger charge is 2.29. The average molecular weight is 381 g/mol. The van der Waals surface area contributed by atoms with Gasteiger partial charge in [-0.25, -0.2) is 18.4 Å². The van der Waals surface area contributed by atoms with Crippen LogP contribution in [0.5, 0.6) is 5.88 Å². The van der Waals surface area contributed by atoms with Crippen molar-refractivity contribution < 1.29 is 17.9 Å². The van der Waals surface area contributed by atoms with Gasteiger partial charge in [0.05, 0.1) is 16.9 Å². The number of fused-ring (bicyclic) bond motifs is 3. The molecule has 1 atom stereocenters. The summed E-state index contributed by atoms with van der Waals surface area (Å²) in [6.45, 7) is -0.173. The van der Waals surface area contributed by atoms with Crippen LogP contribution >= 0.6 is 11.3 Å². The number of rotatable bonds is 4. The van der Waals surface area contributed by atoms with Gasteiger partial charge in [-0.3, -0.25) is 4.79 Å². The molecule has 2 aliphatic rings. The predicted molar refractivity (Wildman–Crippen MR) is 94.8 cm³/mol. The van der Waals surface area contributed by atoms with E-state index in [2.05, 4.69) is 15.3 Å². The summed E-state index contributed by atoms with van der Waals surface area (Å²) in [5, 5.41) is 3.65.